The maximum Gasteiger partial charge on any atom is 0.227 e. The minimum absolute atomic E-state index is 0.0324. The Hall–Kier alpha value is -2.14. The molecule has 1 aliphatic heterocycles. The van der Waals surface area contributed by atoms with Crippen molar-refractivity contribution < 1.29 is 4.79 Å². The fourth-order valence-electron chi connectivity index (χ4n) is 3.09. The molecule has 1 aromatic carbocycles. The van der Waals surface area contributed by atoms with Gasteiger partial charge in [0.15, 0.2) is 0 Å². The highest BCUT2D eigenvalue weighted by atomic mass is 35.5. The van der Waals surface area contributed by atoms with Gasteiger partial charge in [0.05, 0.1) is 5.92 Å². The molecule has 0 saturated carbocycles. The number of hydrogen-bond donors (Lipinski definition) is 0. The first-order chi connectivity index (χ1) is 11.6. The molecule has 6 heteroatoms. The van der Waals surface area contributed by atoms with Crippen LogP contribution in [0.25, 0.3) is 0 Å². The van der Waals surface area contributed by atoms with Crippen molar-refractivity contribution in [2.45, 2.75) is 19.4 Å². The van der Waals surface area contributed by atoms with Crippen molar-refractivity contribution >= 4 is 23.5 Å². The van der Waals surface area contributed by atoms with E-state index in [2.05, 4.69) is 14.9 Å². The van der Waals surface area contributed by atoms with Crippen LogP contribution >= 0.6 is 11.6 Å². The van der Waals surface area contributed by atoms with Crippen molar-refractivity contribution in [2.75, 3.05) is 25.0 Å². The molecule has 2 aromatic rings. The number of rotatable bonds is 4. The van der Waals surface area contributed by atoms with Gasteiger partial charge in [-0.15, -0.1) is 0 Å². The largest absolute Gasteiger partial charge is 0.341 e. The summed E-state index contributed by atoms with van der Waals surface area (Å²) in [5, 5.41) is 0.695. The van der Waals surface area contributed by atoms with E-state index in [1.165, 1.54) is 0 Å². The minimum atomic E-state index is -0.0324. The molecular weight excluding hydrogens is 324 g/mol. The van der Waals surface area contributed by atoms with E-state index in [-0.39, 0.29) is 11.8 Å². The highest BCUT2D eigenvalue weighted by Crippen LogP contribution is 2.23. The number of amides is 1. The second kappa shape index (κ2) is 7.62. The summed E-state index contributed by atoms with van der Waals surface area (Å²) in [5.41, 5.74) is 0.967. The summed E-state index contributed by atoms with van der Waals surface area (Å²) in [4.78, 5) is 25.2. The Morgan fingerprint density at radius 2 is 2.04 bits per heavy atom. The number of carbonyl (C=O) groups is 1. The molecule has 0 N–H and O–H groups in total. The van der Waals surface area contributed by atoms with Gasteiger partial charge >= 0.3 is 0 Å². The summed E-state index contributed by atoms with van der Waals surface area (Å²) < 4.78 is 0. The normalized spacial score (nSPS) is 17.6. The van der Waals surface area contributed by atoms with E-state index in [9.17, 15) is 4.79 Å². The van der Waals surface area contributed by atoms with E-state index in [0.717, 1.165) is 24.9 Å². The molecule has 0 radical (unpaired) electrons. The molecule has 1 atom stereocenters. The SMILES string of the molecule is CN(Cc1ccccc1Cl)C(=O)C1CCCN(c2ncccn2)C1. The molecule has 1 unspecified atom stereocenters. The summed E-state index contributed by atoms with van der Waals surface area (Å²) >= 11 is 6.20. The third kappa shape index (κ3) is 3.85. The van der Waals surface area contributed by atoms with Gasteiger partial charge in [0.2, 0.25) is 11.9 Å². The van der Waals surface area contributed by atoms with E-state index in [4.69, 9.17) is 11.6 Å². The van der Waals surface area contributed by atoms with Crippen LogP contribution in [-0.4, -0.2) is 40.9 Å². The first kappa shape index (κ1) is 16.7. The molecule has 5 nitrogen and oxygen atoms in total. The molecule has 1 aliphatic rings. The second-order valence-electron chi connectivity index (χ2n) is 6.12. The number of aromatic nitrogens is 2. The molecule has 126 valence electrons. The Balaban J connectivity index is 1.65. The maximum absolute atomic E-state index is 12.8. The van der Waals surface area contributed by atoms with Crippen LogP contribution in [0, 0.1) is 5.92 Å². The number of hydrogen-bond acceptors (Lipinski definition) is 4. The topological polar surface area (TPSA) is 49.3 Å². The fraction of sp³-hybridized carbons (Fsp3) is 0.389. The fourth-order valence-corrected chi connectivity index (χ4v) is 3.28. The molecule has 0 spiro atoms. The van der Waals surface area contributed by atoms with E-state index in [1.54, 1.807) is 23.4 Å². The van der Waals surface area contributed by atoms with Crippen LogP contribution in [0.1, 0.15) is 18.4 Å². The summed E-state index contributed by atoms with van der Waals surface area (Å²) in [6.07, 6.45) is 5.33. The number of piperidine rings is 1. The Bertz CT molecular complexity index is 694. The third-order valence-electron chi connectivity index (χ3n) is 4.35. The van der Waals surface area contributed by atoms with Gasteiger partial charge in [-0.05, 0) is 30.5 Å². The molecule has 1 aromatic heterocycles. The highest BCUT2D eigenvalue weighted by molar-refractivity contribution is 6.31. The quantitative estimate of drug-likeness (QED) is 0.855. The zero-order chi connectivity index (χ0) is 16.9. The van der Waals surface area contributed by atoms with Crippen molar-refractivity contribution in [1.82, 2.24) is 14.9 Å². The summed E-state index contributed by atoms with van der Waals surface area (Å²) in [5.74, 6) is 0.814. The average Bonchev–Trinajstić information content (AvgIpc) is 2.64. The zero-order valence-electron chi connectivity index (χ0n) is 13.7. The zero-order valence-corrected chi connectivity index (χ0v) is 14.5. The minimum Gasteiger partial charge on any atom is -0.341 e. The maximum atomic E-state index is 12.8. The molecule has 0 bridgehead atoms. The number of anilines is 1. The number of halogens is 1. The van der Waals surface area contributed by atoms with Gasteiger partial charge in [-0.3, -0.25) is 4.79 Å². The number of carbonyl (C=O) groups excluding carboxylic acids is 1. The van der Waals surface area contributed by atoms with Crippen LogP contribution in [0.5, 0.6) is 0 Å². The Labute approximate surface area is 147 Å². The molecule has 2 heterocycles. The molecular formula is C18H21ClN4O. The summed E-state index contributed by atoms with van der Waals surface area (Å²) in [6.45, 7) is 2.08. The van der Waals surface area contributed by atoms with Gasteiger partial charge in [-0.25, -0.2) is 9.97 Å². The monoisotopic (exact) mass is 344 g/mol. The summed E-state index contributed by atoms with van der Waals surface area (Å²) in [7, 11) is 1.84. The van der Waals surface area contributed by atoms with Gasteiger partial charge in [0, 0.05) is 44.1 Å². The molecule has 1 fully saturated rings. The van der Waals surface area contributed by atoms with Crippen molar-refractivity contribution in [1.29, 1.82) is 0 Å². The van der Waals surface area contributed by atoms with Crippen molar-refractivity contribution in [3.8, 4) is 0 Å². The van der Waals surface area contributed by atoms with E-state index in [0.29, 0.717) is 24.1 Å². The molecule has 1 saturated heterocycles. The van der Waals surface area contributed by atoms with Crippen LogP contribution in [-0.2, 0) is 11.3 Å². The summed E-state index contributed by atoms with van der Waals surface area (Å²) in [6, 6.07) is 9.44. The van der Waals surface area contributed by atoms with E-state index >= 15 is 0 Å². The average molecular weight is 345 g/mol. The van der Waals surface area contributed by atoms with Gasteiger partial charge in [0.1, 0.15) is 0 Å². The Morgan fingerprint density at radius 3 is 2.79 bits per heavy atom. The first-order valence-electron chi connectivity index (χ1n) is 8.15. The van der Waals surface area contributed by atoms with Crippen LogP contribution in [0.4, 0.5) is 5.95 Å². The highest BCUT2D eigenvalue weighted by Gasteiger charge is 2.29. The van der Waals surface area contributed by atoms with Crippen molar-refractivity contribution in [2.24, 2.45) is 5.92 Å². The Kier molecular flexibility index (Phi) is 5.30. The van der Waals surface area contributed by atoms with Crippen LogP contribution in [0.15, 0.2) is 42.7 Å². The van der Waals surface area contributed by atoms with E-state index in [1.807, 2.05) is 31.3 Å². The van der Waals surface area contributed by atoms with Gasteiger partial charge in [-0.1, -0.05) is 29.8 Å². The smallest absolute Gasteiger partial charge is 0.227 e. The molecule has 3 rings (SSSR count). The van der Waals surface area contributed by atoms with Crippen molar-refractivity contribution in [3.63, 3.8) is 0 Å². The third-order valence-corrected chi connectivity index (χ3v) is 4.72. The van der Waals surface area contributed by atoms with Gasteiger partial charge in [0.25, 0.3) is 0 Å². The lowest BCUT2D eigenvalue weighted by molar-refractivity contribution is -0.135. The van der Waals surface area contributed by atoms with Crippen LogP contribution in [0.2, 0.25) is 5.02 Å². The van der Waals surface area contributed by atoms with Crippen LogP contribution in [0.3, 0.4) is 0 Å². The molecule has 24 heavy (non-hydrogen) atoms. The predicted molar refractivity (Wildman–Crippen MR) is 94.9 cm³/mol. The van der Waals surface area contributed by atoms with Gasteiger partial charge < -0.3 is 9.80 Å². The molecule has 1 amide bonds. The van der Waals surface area contributed by atoms with Gasteiger partial charge in [-0.2, -0.15) is 0 Å². The Morgan fingerprint density at radius 1 is 1.29 bits per heavy atom. The van der Waals surface area contributed by atoms with E-state index < -0.39 is 0 Å². The molecule has 0 aliphatic carbocycles. The standard InChI is InChI=1S/C18H21ClN4O/c1-22(12-14-6-2-3-8-16(14)19)17(24)15-7-4-11-23(13-15)18-20-9-5-10-21-18/h2-3,5-6,8-10,15H,4,7,11-13H2,1H3. The second-order valence-corrected chi connectivity index (χ2v) is 6.53. The van der Waals surface area contributed by atoms with Crippen molar-refractivity contribution in [3.05, 3.63) is 53.3 Å². The van der Waals surface area contributed by atoms with Crippen LogP contribution < -0.4 is 4.90 Å². The lowest BCUT2D eigenvalue weighted by atomic mass is 9.96. The lowest BCUT2D eigenvalue weighted by Gasteiger charge is -2.34. The first-order valence-corrected chi connectivity index (χ1v) is 8.53. The number of benzene rings is 1. The number of nitrogens with zero attached hydrogens (tertiary/aromatic N) is 4. The predicted octanol–water partition coefficient (Wildman–Crippen LogP) is 3.01. The lowest BCUT2D eigenvalue weighted by Crippen LogP contribution is -2.44.